The predicted molar refractivity (Wildman–Crippen MR) is 64.5 cm³/mol. The Morgan fingerprint density at radius 2 is 2.28 bits per heavy atom. The number of ether oxygens (including phenoxy) is 1. The SMILES string of the molecule is COC(=O)C(C)(C)NC(=O)[C@@H](N)Cc1c[nH]cn1. The molecule has 0 aliphatic rings. The molecule has 1 atom stereocenters. The van der Waals surface area contributed by atoms with Crippen LogP contribution in [0.3, 0.4) is 0 Å². The van der Waals surface area contributed by atoms with Crippen LogP contribution in [0, 0.1) is 0 Å². The van der Waals surface area contributed by atoms with E-state index in [1.54, 1.807) is 20.0 Å². The monoisotopic (exact) mass is 254 g/mol. The lowest BCUT2D eigenvalue weighted by Crippen LogP contribution is -2.55. The molecule has 0 aliphatic carbocycles. The average molecular weight is 254 g/mol. The molecular weight excluding hydrogens is 236 g/mol. The van der Waals surface area contributed by atoms with Crippen LogP contribution in [0.5, 0.6) is 0 Å². The molecule has 0 spiro atoms. The third-order valence-electron chi connectivity index (χ3n) is 2.45. The fourth-order valence-electron chi connectivity index (χ4n) is 1.43. The molecule has 0 saturated carbocycles. The summed E-state index contributed by atoms with van der Waals surface area (Å²) in [5.74, 6) is -0.948. The van der Waals surface area contributed by atoms with Gasteiger partial charge in [0.05, 0.1) is 25.2 Å². The molecule has 0 saturated heterocycles. The van der Waals surface area contributed by atoms with Gasteiger partial charge in [0.2, 0.25) is 5.91 Å². The van der Waals surface area contributed by atoms with Crippen LogP contribution in [0.25, 0.3) is 0 Å². The molecule has 1 heterocycles. The summed E-state index contributed by atoms with van der Waals surface area (Å²) in [5.41, 5.74) is 5.33. The Hall–Kier alpha value is -1.89. The number of rotatable bonds is 5. The molecule has 7 nitrogen and oxygen atoms in total. The van der Waals surface area contributed by atoms with E-state index in [1.807, 2.05) is 0 Å². The number of H-pyrrole nitrogens is 1. The molecule has 0 aliphatic heterocycles. The molecule has 1 amide bonds. The number of hydrogen-bond acceptors (Lipinski definition) is 5. The predicted octanol–water partition coefficient (Wildman–Crippen LogP) is -0.653. The van der Waals surface area contributed by atoms with Gasteiger partial charge in [0.15, 0.2) is 0 Å². The summed E-state index contributed by atoms with van der Waals surface area (Å²) in [6.45, 7) is 3.11. The molecule has 0 bridgehead atoms. The van der Waals surface area contributed by atoms with Crippen molar-refractivity contribution < 1.29 is 14.3 Å². The van der Waals surface area contributed by atoms with Crippen molar-refractivity contribution in [3.63, 3.8) is 0 Å². The van der Waals surface area contributed by atoms with Crippen molar-refractivity contribution in [3.05, 3.63) is 18.2 Å². The summed E-state index contributed by atoms with van der Waals surface area (Å²) in [4.78, 5) is 30.0. The second-order valence-electron chi connectivity index (χ2n) is 4.48. The first-order chi connectivity index (χ1) is 8.36. The molecule has 1 aromatic rings. The number of nitrogens with zero attached hydrogens (tertiary/aromatic N) is 1. The third kappa shape index (κ3) is 3.56. The fourth-order valence-corrected chi connectivity index (χ4v) is 1.43. The Labute approximate surface area is 105 Å². The van der Waals surface area contributed by atoms with E-state index in [4.69, 9.17) is 5.73 Å². The molecule has 0 radical (unpaired) electrons. The van der Waals surface area contributed by atoms with Crippen LogP contribution >= 0.6 is 0 Å². The maximum Gasteiger partial charge on any atom is 0.330 e. The Balaban J connectivity index is 2.57. The number of methoxy groups -OCH3 is 1. The number of imidazole rings is 1. The maximum absolute atomic E-state index is 11.8. The fraction of sp³-hybridized carbons (Fsp3) is 0.545. The number of carbonyl (C=O) groups is 2. The third-order valence-corrected chi connectivity index (χ3v) is 2.45. The Morgan fingerprint density at radius 1 is 1.61 bits per heavy atom. The Kier molecular flexibility index (Phi) is 4.43. The van der Waals surface area contributed by atoms with E-state index < -0.39 is 23.5 Å². The molecule has 4 N–H and O–H groups in total. The van der Waals surface area contributed by atoms with Crippen molar-refractivity contribution in [1.29, 1.82) is 0 Å². The van der Waals surface area contributed by atoms with Gasteiger partial charge in [-0.3, -0.25) is 4.79 Å². The van der Waals surface area contributed by atoms with Crippen molar-refractivity contribution in [2.75, 3.05) is 7.11 Å². The molecule has 18 heavy (non-hydrogen) atoms. The number of nitrogens with two attached hydrogens (primary N) is 1. The van der Waals surface area contributed by atoms with E-state index in [0.29, 0.717) is 12.1 Å². The first kappa shape index (κ1) is 14.2. The number of carbonyl (C=O) groups excluding carboxylic acids is 2. The van der Waals surface area contributed by atoms with Crippen molar-refractivity contribution in [2.45, 2.75) is 31.8 Å². The van der Waals surface area contributed by atoms with Gasteiger partial charge in [-0.25, -0.2) is 9.78 Å². The first-order valence-electron chi connectivity index (χ1n) is 5.50. The normalized spacial score (nSPS) is 12.9. The summed E-state index contributed by atoms with van der Waals surface area (Å²) in [5, 5.41) is 2.54. The quantitative estimate of drug-likeness (QED) is 0.605. The Morgan fingerprint density at radius 3 is 2.78 bits per heavy atom. The lowest BCUT2D eigenvalue weighted by molar-refractivity contribution is -0.149. The lowest BCUT2D eigenvalue weighted by Gasteiger charge is -2.24. The van der Waals surface area contributed by atoms with E-state index in [-0.39, 0.29) is 0 Å². The minimum Gasteiger partial charge on any atom is -0.467 e. The number of nitrogens with one attached hydrogen (secondary N) is 2. The highest BCUT2D eigenvalue weighted by molar-refractivity contribution is 5.89. The summed E-state index contributed by atoms with van der Waals surface area (Å²) < 4.78 is 4.59. The van der Waals surface area contributed by atoms with Crippen LogP contribution in [0.4, 0.5) is 0 Å². The van der Waals surface area contributed by atoms with Crippen LogP contribution in [-0.2, 0) is 20.7 Å². The zero-order valence-electron chi connectivity index (χ0n) is 10.7. The highest BCUT2D eigenvalue weighted by atomic mass is 16.5. The highest BCUT2D eigenvalue weighted by Crippen LogP contribution is 2.05. The zero-order valence-corrected chi connectivity index (χ0v) is 10.7. The lowest BCUT2D eigenvalue weighted by atomic mass is 10.0. The van der Waals surface area contributed by atoms with Gasteiger partial charge in [0, 0.05) is 12.6 Å². The van der Waals surface area contributed by atoms with Gasteiger partial charge in [-0.15, -0.1) is 0 Å². The summed E-state index contributed by atoms with van der Waals surface area (Å²) in [6.07, 6.45) is 3.48. The minimum absolute atomic E-state index is 0.298. The van der Waals surface area contributed by atoms with E-state index in [2.05, 4.69) is 20.0 Å². The highest BCUT2D eigenvalue weighted by Gasteiger charge is 2.32. The van der Waals surface area contributed by atoms with Crippen LogP contribution < -0.4 is 11.1 Å². The summed E-state index contributed by atoms with van der Waals surface area (Å²) >= 11 is 0. The van der Waals surface area contributed by atoms with Crippen molar-refractivity contribution in [1.82, 2.24) is 15.3 Å². The van der Waals surface area contributed by atoms with Crippen molar-refractivity contribution >= 4 is 11.9 Å². The summed E-state index contributed by atoms with van der Waals surface area (Å²) in [7, 11) is 1.26. The molecule has 1 aromatic heterocycles. The summed E-state index contributed by atoms with van der Waals surface area (Å²) in [6, 6.07) is -0.766. The zero-order chi connectivity index (χ0) is 13.8. The molecule has 100 valence electrons. The molecular formula is C11H18N4O3. The first-order valence-corrected chi connectivity index (χ1v) is 5.50. The van der Waals surface area contributed by atoms with Crippen molar-refractivity contribution in [2.24, 2.45) is 5.73 Å². The van der Waals surface area contributed by atoms with Gasteiger partial charge in [-0.05, 0) is 13.8 Å². The molecule has 0 fully saturated rings. The van der Waals surface area contributed by atoms with E-state index >= 15 is 0 Å². The van der Waals surface area contributed by atoms with Crippen LogP contribution in [-0.4, -0.2) is 40.5 Å². The molecule has 0 aromatic carbocycles. The van der Waals surface area contributed by atoms with E-state index in [0.717, 1.165) is 0 Å². The molecule has 1 rings (SSSR count). The molecule has 0 unspecified atom stereocenters. The van der Waals surface area contributed by atoms with Gasteiger partial charge >= 0.3 is 5.97 Å². The van der Waals surface area contributed by atoms with Gasteiger partial charge in [0.1, 0.15) is 5.54 Å². The second-order valence-corrected chi connectivity index (χ2v) is 4.48. The van der Waals surface area contributed by atoms with Gasteiger partial charge < -0.3 is 20.8 Å². The van der Waals surface area contributed by atoms with Crippen LogP contribution in [0.15, 0.2) is 12.5 Å². The van der Waals surface area contributed by atoms with Crippen LogP contribution in [0.1, 0.15) is 19.5 Å². The van der Waals surface area contributed by atoms with Gasteiger partial charge in [-0.1, -0.05) is 0 Å². The molecule has 7 heteroatoms. The second kappa shape index (κ2) is 5.63. The maximum atomic E-state index is 11.8. The Bertz CT molecular complexity index is 414. The number of esters is 1. The number of amides is 1. The smallest absolute Gasteiger partial charge is 0.330 e. The minimum atomic E-state index is -1.10. The van der Waals surface area contributed by atoms with Crippen molar-refractivity contribution in [3.8, 4) is 0 Å². The number of aromatic nitrogens is 2. The topological polar surface area (TPSA) is 110 Å². The van der Waals surface area contributed by atoms with E-state index in [1.165, 1.54) is 13.4 Å². The standard InChI is InChI=1S/C11H18N4O3/c1-11(2,10(17)18-3)15-9(16)8(12)4-7-5-13-6-14-7/h5-6,8H,4,12H2,1-3H3,(H,13,14)(H,15,16)/t8-/m0/s1. The van der Waals surface area contributed by atoms with E-state index in [9.17, 15) is 9.59 Å². The number of aromatic amines is 1. The van der Waals surface area contributed by atoms with Crippen LogP contribution in [0.2, 0.25) is 0 Å². The van der Waals surface area contributed by atoms with Gasteiger partial charge in [0.25, 0.3) is 0 Å². The average Bonchev–Trinajstić information content (AvgIpc) is 2.79. The number of hydrogen-bond donors (Lipinski definition) is 3. The van der Waals surface area contributed by atoms with Gasteiger partial charge in [-0.2, -0.15) is 0 Å². The largest absolute Gasteiger partial charge is 0.467 e.